The first-order valence-corrected chi connectivity index (χ1v) is 7.15. The van der Waals surface area contributed by atoms with E-state index in [1.807, 2.05) is 48.9 Å². The molecule has 0 amide bonds. The van der Waals surface area contributed by atoms with E-state index >= 15 is 0 Å². The summed E-state index contributed by atoms with van der Waals surface area (Å²) in [5.41, 5.74) is 6.78. The van der Waals surface area contributed by atoms with Crippen molar-refractivity contribution in [2.75, 3.05) is 0 Å². The van der Waals surface area contributed by atoms with Crippen molar-refractivity contribution in [1.82, 2.24) is 14.8 Å². The van der Waals surface area contributed by atoms with Crippen molar-refractivity contribution < 1.29 is 5.21 Å². The average Bonchev–Trinajstić information content (AvgIpc) is 2.96. The van der Waals surface area contributed by atoms with Gasteiger partial charge < -0.3 is 10.9 Å². The number of benzene rings is 1. The summed E-state index contributed by atoms with van der Waals surface area (Å²) < 4.78 is 1.90. The van der Waals surface area contributed by atoms with E-state index in [-0.39, 0.29) is 11.9 Å². The van der Waals surface area contributed by atoms with Crippen LogP contribution in [-0.4, -0.2) is 25.8 Å². The minimum Gasteiger partial charge on any atom is -0.409 e. The molecule has 0 fully saturated rings. The number of hydrogen-bond acceptors (Lipinski definition) is 4. The highest BCUT2D eigenvalue weighted by molar-refractivity contribution is 5.80. The molecule has 1 aromatic heterocycles. The van der Waals surface area contributed by atoms with Gasteiger partial charge in [0, 0.05) is 19.3 Å². The Bertz CT molecular complexity index is 606. The van der Waals surface area contributed by atoms with Gasteiger partial charge in [-0.05, 0) is 5.56 Å². The third-order valence-corrected chi connectivity index (χ3v) is 3.39. The van der Waals surface area contributed by atoms with Gasteiger partial charge in [-0.1, -0.05) is 49.3 Å². The van der Waals surface area contributed by atoms with Gasteiger partial charge >= 0.3 is 0 Å². The van der Waals surface area contributed by atoms with Gasteiger partial charge in [-0.25, -0.2) is 9.67 Å². The molecule has 3 N–H and O–H groups in total. The number of hydrogen-bond donors (Lipinski definition) is 2. The zero-order valence-corrected chi connectivity index (χ0v) is 12.4. The van der Waals surface area contributed by atoms with Gasteiger partial charge in [0.15, 0.2) is 5.82 Å². The van der Waals surface area contributed by atoms with E-state index in [2.05, 4.69) is 15.2 Å². The lowest BCUT2D eigenvalue weighted by Crippen LogP contribution is -2.23. The quantitative estimate of drug-likeness (QED) is 0.368. The van der Waals surface area contributed by atoms with Crippen LogP contribution in [0.2, 0.25) is 0 Å². The summed E-state index contributed by atoms with van der Waals surface area (Å²) in [6.45, 7) is 4.08. The number of amidine groups is 1. The van der Waals surface area contributed by atoms with Crippen molar-refractivity contribution in [3.63, 3.8) is 0 Å². The minimum absolute atomic E-state index is 0.121. The van der Waals surface area contributed by atoms with E-state index in [4.69, 9.17) is 10.9 Å². The molecule has 1 aromatic carbocycles. The van der Waals surface area contributed by atoms with Crippen LogP contribution in [0, 0.1) is 0 Å². The first-order valence-electron chi connectivity index (χ1n) is 7.15. The number of aryl methyl sites for hydroxylation is 2. The van der Waals surface area contributed by atoms with Crippen LogP contribution in [0.5, 0.6) is 0 Å². The van der Waals surface area contributed by atoms with E-state index in [9.17, 15) is 0 Å². The Morgan fingerprint density at radius 2 is 2.00 bits per heavy atom. The first kappa shape index (κ1) is 15.0. The summed E-state index contributed by atoms with van der Waals surface area (Å²) >= 11 is 0. The van der Waals surface area contributed by atoms with Gasteiger partial charge in [-0.3, -0.25) is 0 Å². The van der Waals surface area contributed by atoms with Gasteiger partial charge in [0.1, 0.15) is 11.7 Å². The van der Waals surface area contributed by atoms with E-state index in [0.717, 1.165) is 30.1 Å². The second-order valence-corrected chi connectivity index (χ2v) is 4.82. The molecule has 0 bridgehead atoms. The van der Waals surface area contributed by atoms with Crippen LogP contribution in [0.15, 0.2) is 35.5 Å². The van der Waals surface area contributed by atoms with Crippen LogP contribution in [0.4, 0.5) is 0 Å². The highest BCUT2D eigenvalue weighted by Gasteiger charge is 2.20. The largest absolute Gasteiger partial charge is 0.409 e. The molecule has 6 nitrogen and oxygen atoms in total. The normalized spacial score (nSPS) is 13.3. The standard InChI is InChI=1S/C15H21N5O/c1-3-14-17-15(4-2)20(18-14)12(10-13(16)19-21)11-8-6-5-7-9-11/h5-9,12,21H,3-4,10H2,1-2H3,(H2,16,19). The van der Waals surface area contributed by atoms with Crippen LogP contribution < -0.4 is 5.73 Å². The topological polar surface area (TPSA) is 89.3 Å². The van der Waals surface area contributed by atoms with Crippen molar-refractivity contribution in [1.29, 1.82) is 0 Å². The molecule has 2 rings (SSSR count). The zero-order valence-electron chi connectivity index (χ0n) is 12.4. The summed E-state index contributed by atoms with van der Waals surface area (Å²) in [5.74, 6) is 1.90. The maximum absolute atomic E-state index is 8.87. The molecule has 0 aliphatic rings. The molecule has 0 aliphatic carbocycles. The molecule has 0 saturated carbocycles. The molecule has 1 unspecified atom stereocenters. The fraction of sp³-hybridized carbons (Fsp3) is 0.400. The molecule has 0 aliphatic heterocycles. The van der Waals surface area contributed by atoms with E-state index < -0.39 is 0 Å². The molecule has 6 heteroatoms. The van der Waals surface area contributed by atoms with Crippen molar-refractivity contribution in [2.45, 2.75) is 39.2 Å². The Morgan fingerprint density at radius 3 is 2.57 bits per heavy atom. The van der Waals surface area contributed by atoms with E-state index in [1.165, 1.54) is 0 Å². The molecule has 0 saturated heterocycles. The first-order chi connectivity index (χ1) is 10.2. The highest BCUT2D eigenvalue weighted by atomic mass is 16.4. The van der Waals surface area contributed by atoms with Crippen molar-refractivity contribution in [2.24, 2.45) is 10.9 Å². The molecule has 21 heavy (non-hydrogen) atoms. The van der Waals surface area contributed by atoms with Crippen molar-refractivity contribution in [3.8, 4) is 0 Å². The number of aromatic nitrogens is 3. The van der Waals surface area contributed by atoms with Crippen LogP contribution in [0.1, 0.15) is 43.5 Å². The van der Waals surface area contributed by atoms with E-state index in [1.54, 1.807) is 0 Å². The third-order valence-electron chi connectivity index (χ3n) is 3.39. The van der Waals surface area contributed by atoms with Crippen LogP contribution in [-0.2, 0) is 12.8 Å². The lowest BCUT2D eigenvalue weighted by Gasteiger charge is -2.19. The van der Waals surface area contributed by atoms with Gasteiger partial charge in [-0.15, -0.1) is 0 Å². The molecule has 1 heterocycles. The Kier molecular flexibility index (Phi) is 4.92. The van der Waals surface area contributed by atoms with Crippen molar-refractivity contribution >= 4 is 5.84 Å². The van der Waals surface area contributed by atoms with Gasteiger partial charge in [0.2, 0.25) is 0 Å². The smallest absolute Gasteiger partial charge is 0.150 e. The Hall–Kier alpha value is -2.37. The molecule has 1 atom stereocenters. The Balaban J connectivity index is 2.46. The minimum atomic E-state index is -0.121. The second kappa shape index (κ2) is 6.88. The fourth-order valence-electron chi connectivity index (χ4n) is 2.30. The summed E-state index contributed by atoms with van der Waals surface area (Å²) in [6.07, 6.45) is 1.96. The van der Waals surface area contributed by atoms with Crippen molar-refractivity contribution in [3.05, 3.63) is 47.5 Å². The second-order valence-electron chi connectivity index (χ2n) is 4.82. The molecular weight excluding hydrogens is 266 g/mol. The molecule has 2 aromatic rings. The fourth-order valence-corrected chi connectivity index (χ4v) is 2.30. The lowest BCUT2D eigenvalue weighted by molar-refractivity contribution is 0.315. The summed E-state index contributed by atoms with van der Waals surface area (Å²) in [6, 6.07) is 9.81. The third kappa shape index (κ3) is 3.39. The Morgan fingerprint density at radius 1 is 1.29 bits per heavy atom. The highest BCUT2D eigenvalue weighted by Crippen LogP contribution is 2.23. The predicted octanol–water partition coefficient (Wildman–Crippen LogP) is 2.13. The summed E-state index contributed by atoms with van der Waals surface area (Å²) in [7, 11) is 0. The summed E-state index contributed by atoms with van der Waals surface area (Å²) in [5, 5.41) is 16.5. The van der Waals surface area contributed by atoms with E-state index in [0.29, 0.717) is 6.42 Å². The molecule has 0 spiro atoms. The zero-order chi connectivity index (χ0) is 15.2. The number of rotatable bonds is 6. The SMILES string of the molecule is CCc1nc(CC)n(C(CC(N)=NO)c2ccccc2)n1. The van der Waals surface area contributed by atoms with Crippen LogP contribution in [0.3, 0.4) is 0 Å². The monoisotopic (exact) mass is 287 g/mol. The lowest BCUT2D eigenvalue weighted by atomic mass is 10.0. The maximum Gasteiger partial charge on any atom is 0.150 e. The summed E-state index contributed by atoms with van der Waals surface area (Å²) in [4.78, 5) is 4.54. The van der Waals surface area contributed by atoms with Crippen LogP contribution in [0.25, 0.3) is 0 Å². The number of nitrogens with zero attached hydrogens (tertiary/aromatic N) is 4. The number of oxime groups is 1. The molecular formula is C15H21N5O. The van der Waals surface area contributed by atoms with Gasteiger partial charge in [-0.2, -0.15) is 5.10 Å². The van der Waals surface area contributed by atoms with Gasteiger partial charge in [0.25, 0.3) is 0 Å². The Labute approximate surface area is 124 Å². The molecule has 112 valence electrons. The van der Waals surface area contributed by atoms with Crippen LogP contribution >= 0.6 is 0 Å². The predicted molar refractivity (Wildman–Crippen MR) is 81.4 cm³/mol. The average molecular weight is 287 g/mol. The molecule has 0 radical (unpaired) electrons. The van der Waals surface area contributed by atoms with Gasteiger partial charge in [0.05, 0.1) is 6.04 Å². The number of nitrogens with two attached hydrogens (primary N) is 1. The maximum atomic E-state index is 8.87.